The summed E-state index contributed by atoms with van der Waals surface area (Å²) in [5.74, 6) is 1.15. The van der Waals surface area contributed by atoms with E-state index in [1.807, 2.05) is 18.5 Å². The number of allylic oxidation sites excluding steroid dienone is 10. The zero-order valence-electron chi connectivity index (χ0n) is 24.7. The number of hydrogen-bond acceptors (Lipinski definition) is 2. The molecule has 210 valence electrons. The molecule has 43 heavy (non-hydrogen) atoms. The van der Waals surface area contributed by atoms with E-state index in [-0.39, 0.29) is 0 Å². The zero-order valence-corrected chi connectivity index (χ0v) is 24.7. The molecule has 0 saturated heterocycles. The Morgan fingerprint density at radius 2 is 1.44 bits per heavy atom. The summed E-state index contributed by atoms with van der Waals surface area (Å²) in [5.41, 5.74) is 14.0. The molecule has 3 atom stereocenters. The van der Waals surface area contributed by atoms with Crippen LogP contribution >= 0.6 is 0 Å². The van der Waals surface area contributed by atoms with Crippen LogP contribution in [0.15, 0.2) is 143 Å². The zero-order chi connectivity index (χ0) is 28.8. The number of pyridine rings is 1. The quantitative estimate of drug-likeness (QED) is 0.321. The molecule has 4 aliphatic carbocycles. The molecule has 0 saturated carbocycles. The first kappa shape index (κ1) is 26.1. The molecule has 1 aromatic heterocycles. The highest BCUT2D eigenvalue weighted by atomic mass is 14.7. The molecule has 0 radical (unpaired) electrons. The van der Waals surface area contributed by atoms with Gasteiger partial charge in [0.05, 0.1) is 0 Å². The monoisotopic (exact) mass is 556 g/mol. The van der Waals surface area contributed by atoms with Crippen LogP contribution in [0.3, 0.4) is 0 Å². The van der Waals surface area contributed by atoms with Crippen molar-refractivity contribution in [2.45, 2.75) is 39.0 Å². The number of benzene rings is 2. The van der Waals surface area contributed by atoms with E-state index in [1.54, 1.807) is 0 Å². The van der Waals surface area contributed by atoms with Crippen molar-refractivity contribution >= 4 is 22.9 Å². The SMILES string of the molecule is CC1CC(C2=c3ccccc3=C(C3=Cc4ccccc4CC3)C3C=CC=CC23)=CC=C1C1=CN=C(c2cccnc2)CC1. The molecule has 1 aliphatic heterocycles. The van der Waals surface area contributed by atoms with Gasteiger partial charge in [-0.2, -0.15) is 0 Å². The third-order valence-electron chi connectivity index (χ3n) is 9.94. The molecule has 0 bridgehead atoms. The second-order valence-electron chi connectivity index (χ2n) is 12.5. The summed E-state index contributed by atoms with van der Waals surface area (Å²) in [5, 5.41) is 2.83. The lowest BCUT2D eigenvalue weighted by Gasteiger charge is -2.37. The number of hydrogen-bond donors (Lipinski definition) is 0. The Hall–Kier alpha value is -4.56. The fourth-order valence-electron chi connectivity index (χ4n) is 7.88. The summed E-state index contributed by atoms with van der Waals surface area (Å²) in [6.07, 6.45) is 27.8. The van der Waals surface area contributed by atoms with Crippen molar-refractivity contribution in [2.75, 3.05) is 0 Å². The van der Waals surface area contributed by atoms with Crippen LogP contribution in [0.1, 0.15) is 49.3 Å². The molecule has 0 amide bonds. The Labute approximate surface area is 254 Å². The maximum atomic E-state index is 4.87. The summed E-state index contributed by atoms with van der Waals surface area (Å²) in [6, 6.07) is 22.2. The molecule has 8 rings (SSSR count). The minimum Gasteiger partial charge on any atom is -0.264 e. The van der Waals surface area contributed by atoms with E-state index in [0.29, 0.717) is 17.8 Å². The summed E-state index contributed by atoms with van der Waals surface area (Å²) in [6.45, 7) is 2.39. The normalized spacial score (nSPS) is 24.1. The van der Waals surface area contributed by atoms with E-state index in [0.717, 1.165) is 43.4 Å². The number of fused-ring (bicyclic) bond motifs is 3. The van der Waals surface area contributed by atoms with Crippen LogP contribution in [0.2, 0.25) is 0 Å². The lowest BCUT2D eigenvalue weighted by atomic mass is 9.67. The van der Waals surface area contributed by atoms with Crippen molar-refractivity contribution < 1.29 is 0 Å². The summed E-state index contributed by atoms with van der Waals surface area (Å²) in [7, 11) is 0. The van der Waals surface area contributed by atoms with Crippen molar-refractivity contribution in [2.24, 2.45) is 22.7 Å². The molecule has 0 spiro atoms. The average molecular weight is 557 g/mol. The van der Waals surface area contributed by atoms with Crippen LogP contribution in [0.5, 0.6) is 0 Å². The van der Waals surface area contributed by atoms with Gasteiger partial charge in [0.1, 0.15) is 0 Å². The van der Waals surface area contributed by atoms with Gasteiger partial charge in [-0.25, -0.2) is 0 Å². The van der Waals surface area contributed by atoms with Crippen molar-refractivity contribution in [1.29, 1.82) is 0 Å². The van der Waals surface area contributed by atoms with Gasteiger partial charge in [0.15, 0.2) is 0 Å². The van der Waals surface area contributed by atoms with Gasteiger partial charge in [0, 0.05) is 41.7 Å². The van der Waals surface area contributed by atoms with Crippen molar-refractivity contribution in [3.8, 4) is 0 Å². The molecule has 2 nitrogen and oxygen atoms in total. The van der Waals surface area contributed by atoms with E-state index in [2.05, 4.69) is 115 Å². The highest BCUT2D eigenvalue weighted by Crippen LogP contribution is 2.45. The van der Waals surface area contributed by atoms with E-state index >= 15 is 0 Å². The van der Waals surface area contributed by atoms with Gasteiger partial charge in [0.25, 0.3) is 0 Å². The fourth-order valence-corrected chi connectivity index (χ4v) is 7.88. The molecule has 2 heterocycles. The molecule has 0 fully saturated rings. The number of nitrogens with zero attached hydrogens (tertiary/aromatic N) is 2. The highest BCUT2D eigenvalue weighted by molar-refractivity contribution is 6.01. The maximum Gasteiger partial charge on any atom is 0.0494 e. The molecule has 0 N–H and O–H groups in total. The number of aliphatic imine (C=N–C) groups is 1. The minimum atomic E-state index is 0.349. The lowest BCUT2D eigenvalue weighted by molar-refractivity contribution is 0.638. The first-order valence-electron chi connectivity index (χ1n) is 15.8. The highest BCUT2D eigenvalue weighted by Gasteiger charge is 2.35. The van der Waals surface area contributed by atoms with E-state index < -0.39 is 0 Å². The van der Waals surface area contributed by atoms with E-state index in [4.69, 9.17) is 4.99 Å². The molecule has 2 aromatic carbocycles. The van der Waals surface area contributed by atoms with Crippen LogP contribution in [-0.4, -0.2) is 10.7 Å². The van der Waals surface area contributed by atoms with E-state index in [1.165, 1.54) is 55.0 Å². The minimum absolute atomic E-state index is 0.349. The van der Waals surface area contributed by atoms with Gasteiger partial charge in [-0.1, -0.05) is 104 Å². The van der Waals surface area contributed by atoms with Gasteiger partial charge in [0.2, 0.25) is 0 Å². The van der Waals surface area contributed by atoms with Crippen molar-refractivity contribution in [3.63, 3.8) is 0 Å². The standard InChI is InChI=1S/C41H36N2/c1-27-23-30(18-20-34(27)32-19-21-39(43-26-32)33-11-8-22-42-25-33)40-35-12-4-6-14-37(35)41(38-15-7-5-13-36(38)40)31-17-16-28-9-2-3-10-29(28)24-31/h2-15,18,20,22,24-27,35,37H,16-17,19,21,23H2,1H3. The second-order valence-corrected chi connectivity index (χ2v) is 12.5. The first-order chi connectivity index (χ1) is 21.2. The molecular formula is C41H36N2. The summed E-state index contributed by atoms with van der Waals surface area (Å²) in [4.78, 5) is 9.16. The smallest absolute Gasteiger partial charge is 0.0494 e. The van der Waals surface area contributed by atoms with E-state index in [9.17, 15) is 0 Å². The Kier molecular flexibility index (Phi) is 6.63. The molecule has 3 unspecified atom stereocenters. The lowest BCUT2D eigenvalue weighted by Crippen LogP contribution is -2.41. The van der Waals surface area contributed by atoms with Crippen LogP contribution in [-0.2, 0) is 6.42 Å². The van der Waals surface area contributed by atoms with Gasteiger partial charge < -0.3 is 0 Å². The third-order valence-corrected chi connectivity index (χ3v) is 9.94. The Morgan fingerprint density at radius 1 is 0.698 bits per heavy atom. The summed E-state index contributed by atoms with van der Waals surface area (Å²) < 4.78 is 0. The molecule has 5 aliphatic rings. The van der Waals surface area contributed by atoms with Crippen LogP contribution in [0.4, 0.5) is 0 Å². The van der Waals surface area contributed by atoms with Crippen LogP contribution in [0.25, 0.3) is 17.2 Å². The van der Waals surface area contributed by atoms with Crippen molar-refractivity contribution in [1.82, 2.24) is 4.98 Å². The van der Waals surface area contributed by atoms with Gasteiger partial charge in [-0.3, -0.25) is 9.98 Å². The molecule has 3 aromatic rings. The predicted octanol–water partition coefficient (Wildman–Crippen LogP) is 7.84. The number of aryl methyl sites for hydroxylation is 1. The van der Waals surface area contributed by atoms with Gasteiger partial charge >= 0.3 is 0 Å². The Balaban J connectivity index is 1.23. The van der Waals surface area contributed by atoms with Crippen LogP contribution < -0.4 is 10.4 Å². The topological polar surface area (TPSA) is 25.2 Å². The number of aromatic nitrogens is 1. The maximum absolute atomic E-state index is 4.87. The molecular weight excluding hydrogens is 520 g/mol. The third kappa shape index (κ3) is 4.66. The van der Waals surface area contributed by atoms with Gasteiger partial charge in [-0.05, 0) is 99.1 Å². The number of rotatable bonds is 4. The second kappa shape index (κ2) is 10.9. The largest absolute Gasteiger partial charge is 0.264 e. The predicted molar refractivity (Wildman–Crippen MR) is 179 cm³/mol. The van der Waals surface area contributed by atoms with Gasteiger partial charge in [-0.15, -0.1) is 0 Å². The van der Waals surface area contributed by atoms with Crippen LogP contribution in [0, 0.1) is 17.8 Å². The Morgan fingerprint density at radius 3 is 2.16 bits per heavy atom. The van der Waals surface area contributed by atoms with Crippen molar-refractivity contribution in [3.05, 3.63) is 165 Å². The molecule has 2 heteroatoms. The first-order valence-corrected chi connectivity index (χ1v) is 15.8. The Bertz CT molecular complexity index is 1960. The fraction of sp³-hybridized carbons (Fsp3) is 0.220. The summed E-state index contributed by atoms with van der Waals surface area (Å²) >= 11 is 0. The average Bonchev–Trinajstić information content (AvgIpc) is 3.07.